The summed E-state index contributed by atoms with van der Waals surface area (Å²) in [4.78, 5) is 27.4. The Balaban J connectivity index is 1.94. The minimum Gasteiger partial charge on any atom is -0.461 e. The average molecular weight is 388 g/mol. The van der Waals surface area contributed by atoms with E-state index < -0.39 is 10.9 Å². The van der Waals surface area contributed by atoms with Gasteiger partial charge < -0.3 is 4.74 Å². The first kappa shape index (κ1) is 18.3. The summed E-state index contributed by atoms with van der Waals surface area (Å²) < 4.78 is 6.36. The molecule has 0 fully saturated rings. The molecule has 2 heterocycles. The number of hydrogen-bond acceptors (Lipinski definition) is 6. The fourth-order valence-electron chi connectivity index (χ4n) is 3.10. The Morgan fingerprint density at radius 2 is 1.90 bits per heavy atom. The number of carbonyl (C=O) groups is 1. The van der Waals surface area contributed by atoms with Gasteiger partial charge in [0.1, 0.15) is 0 Å². The summed E-state index contributed by atoms with van der Waals surface area (Å²) in [6.07, 6.45) is 1.44. The third-order valence-corrected chi connectivity index (χ3v) is 4.40. The van der Waals surface area contributed by atoms with E-state index in [4.69, 9.17) is 4.74 Å². The predicted octanol–water partition coefficient (Wildman–Crippen LogP) is 4.17. The van der Waals surface area contributed by atoms with Crippen molar-refractivity contribution in [2.45, 2.75) is 6.92 Å². The maximum atomic E-state index is 12.3. The van der Waals surface area contributed by atoms with Gasteiger partial charge >= 0.3 is 11.7 Å². The smallest absolute Gasteiger partial charge is 0.358 e. The lowest BCUT2D eigenvalue weighted by Crippen LogP contribution is -2.09. The molecule has 0 saturated heterocycles. The summed E-state index contributed by atoms with van der Waals surface area (Å²) in [6.45, 7) is 1.89. The van der Waals surface area contributed by atoms with Crippen molar-refractivity contribution in [2.75, 3.05) is 6.61 Å². The molecular formula is C21H16N4O4. The van der Waals surface area contributed by atoms with Crippen LogP contribution in [-0.4, -0.2) is 32.3 Å². The lowest BCUT2D eigenvalue weighted by atomic mass is 10.0. The number of esters is 1. The van der Waals surface area contributed by atoms with E-state index in [0.29, 0.717) is 5.69 Å². The zero-order valence-electron chi connectivity index (χ0n) is 15.5. The first-order chi connectivity index (χ1) is 14.1. The molecule has 0 aliphatic carbocycles. The van der Waals surface area contributed by atoms with Crippen LogP contribution in [0.25, 0.3) is 27.8 Å². The van der Waals surface area contributed by atoms with Crippen molar-refractivity contribution in [3.05, 3.63) is 82.7 Å². The highest BCUT2D eigenvalue weighted by molar-refractivity contribution is 5.91. The molecule has 0 amide bonds. The van der Waals surface area contributed by atoms with Crippen LogP contribution < -0.4 is 0 Å². The molecule has 8 heteroatoms. The second-order valence-electron chi connectivity index (χ2n) is 6.21. The van der Waals surface area contributed by atoms with Crippen molar-refractivity contribution in [1.29, 1.82) is 0 Å². The zero-order chi connectivity index (χ0) is 20.4. The summed E-state index contributed by atoms with van der Waals surface area (Å²) in [5.74, 6) is -0.580. The monoisotopic (exact) mass is 388 g/mol. The molecule has 0 aliphatic rings. The fraction of sp³-hybridized carbons (Fsp3) is 0.0952. The van der Waals surface area contributed by atoms with Gasteiger partial charge in [0.25, 0.3) is 0 Å². The molecule has 4 aromatic rings. The average Bonchev–Trinajstić information content (AvgIpc) is 3.19. The standard InChI is InChI=1S/C21H16N4O4/c1-2-29-21(26)17-13-19(16-10-9-14-6-3-4-7-15(14)12-16)24(23-17)20-18(25(27)28)8-5-11-22-20/h3-13H,2H2,1H3. The third-order valence-electron chi connectivity index (χ3n) is 4.40. The number of aromatic nitrogens is 3. The minimum absolute atomic E-state index is 0.0243. The Bertz CT molecular complexity index is 1230. The summed E-state index contributed by atoms with van der Waals surface area (Å²) in [5.41, 5.74) is 1.08. The zero-order valence-corrected chi connectivity index (χ0v) is 15.5. The number of benzene rings is 2. The highest BCUT2D eigenvalue weighted by Gasteiger charge is 2.24. The molecule has 0 N–H and O–H groups in total. The molecule has 0 unspecified atom stereocenters. The van der Waals surface area contributed by atoms with Gasteiger partial charge in [0.2, 0.25) is 5.82 Å². The number of hydrogen-bond donors (Lipinski definition) is 0. The third kappa shape index (κ3) is 3.43. The highest BCUT2D eigenvalue weighted by Crippen LogP contribution is 2.30. The number of carbonyl (C=O) groups excluding carboxylic acids is 1. The van der Waals surface area contributed by atoms with Gasteiger partial charge in [0.15, 0.2) is 5.69 Å². The van der Waals surface area contributed by atoms with Crippen molar-refractivity contribution in [1.82, 2.24) is 14.8 Å². The number of ether oxygens (including phenoxy) is 1. The number of nitrogens with zero attached hydrogens (tertiary/aromatic N) is 4. The van der Waals surface area contributed by atoms with Crippen LogP contribution in [0.2, 0.25) is 0 Å². The molecular weight excluding hydrogens is 372 g/mol. The summed E-state index contributed by atoms with van der Waals surface area (Å²) in [7, 11) is 0. The summed E-state index contributed by atoms with van der Waals surface area (Å²) in [6, 6.07) is 18.0. The lowest BCUT2D eigenvalue weighted by molar-refractivity contribution is -0.384. The molecule has 4 rings (SSSR count). The number of nitro groups is 1. The largest absolute Gasteiger partial charge is 0.461 e. The Labute approximate surface area is 165 Å². The molecule has 0 atom stereocenters. The van der Waals surface area contributed by atoms with Gasteiger partial charge in [0, 0.05) is 17.8 Å². The molecule has 2 aromatic heterocycles. The van der Waals surface area contributed by atoms with E-state index in [1.807, 2.05) is 42.5 Å². The Morgan fingerprint density at radius 3 is 2.66 bits per heavy atom. The Morgan fingerprint density at radius 1 is 1.10 bits per heavy atom. The van der Waals surface area contributed by atoms with E-state index in [1.165, 1.54) is 23.0 Å². The van der Waals surface area contributed by atoms with Crippen molar-refractivity contribution >= 4 is 22.4 Å². The Kier molecular flexibility index (Phi) is 4.74. The maximum Gasteiger partial charge on any atom is 0.358 e. The number of fused-ring (bicyclic) bond motifs is 1. The molecule has 8 nitrogen and oxygen atoms in total. The van der Waals surface area contributed by atoms with Crippen LogP contribution in [0.15, 0.2) is 66.9 Å². The van der Waals surface area contributed by atoms with E-state index in [9.17, 15) is 14.9 Å². The van der Waals surface area contributed by atoms with Crippen LogP contribution >= 0.6 is 0 Å². The van der Waals surface area contributed by atoms with Crippen LogP contribution in [0.1, 0.15) is 17.4 Å². The van der Waals surface area contributed by atoms with Crippen LogP contribution in [0, 0.1) is 10.1 Å². The Hall–Kier alpha value is -4.07. The molecule has 144 valence electrons. The number of rotatable bonds is 5. The van der Waals surface area contributed by atoms with Gasteiger partial charge in [-0.05, 0) is 35.9 Å². The number of pyridine rings is 1. The SMILES string of the molecule is CCOC(=O)c1cc(-c2ccc3ccccc3c2)n(-c2ncccc2[N+](=O)[O-])n1. The van der Waals surface area contributed by atoms with Crippen molar-refractivity contribution in [2.24, 2.45) is 0 Å². The molecule has 0 aliphatic heterocycles. The van der Waals surface area contributed by atoms with E-state index in [-0.39, 0.29) is 23.8 Å². The van der Waals surface area contributed by atoms with Crippen LogP contribution in [0.5, 0.6) is 0 Å². The maximum absolute atomic E-state index is 12.3. The van der Waals surface area contributed by atoms with Gasteiger partial charge in [-0.25, -0.2) is 14.5 Å². The molecule has 0 bridgehead atoms. The molecule has 2 aromatic carbocycles. The van der Waals surface area contributed by atoms with Crippen LogP contribution in [0.4, 0.5) is 5.69 Å². The molecule has 29 heavy (non-hydrogen) atoms. The van der Waals surface area contributed by atoms with Crippen LogP contribution in [-0.2, 0) is 4.74 Å². The second kappa shape index (κ2) is 7.51. The van der Waals surface area contributed by atoms with Crippen molar-refractivity contribution in [3.63, 3.8) is 0 Å². The van der Waals surface area contributed by atoms with Crippen molar-refractivity contribution < 1.29 is 14.5 Å². The molecule has 0 spiro atoms. The quantitative estimate of drug-likeness (QED) is 0.289. The van der Waals surface area contributed by atoms with Crippen LogP contribution in [0.3, 0.4) is 0 Å². The first-order valence-corrected chi connectivity index (χ1v) is 8.94. The van der Waals surface area contributed by atoms with E-state index in [0.717, 1.165) is 16.3 Å². The second-order valence-corrected chi connectivity index (χ2v) is 6.21. The highest BCUT2D eigenvalue weighted by atomic mass is 16.6. The van der Waals surface area contributed by atoms with Crippen molar-refractivity contribution in [3.8, 4) is 17.1 Å². The molecule has 0 saturated carbocycles. The summed E-state index contributed by atoms with van der Waals surface area (Å²) in [5, 5.41) is 17.8. The minimum atomic E-state index is -0.605. The topological polar surface area (TPSA) is 100 Å². The predicted molar refractivity (Wildman–Crippen MR) is 107 cm³/mol. The fourth-order valence-corrected chi connectivity index (χ4v) is 3.10. The van der Waals surface area contributed by atoms with Gasteiger partial charge in [0.05, 0.1) is 17.2 Å². The normalized spacial score (nSPS) is 10.8. The van der Waals surface area contributed by atoms with Gasteiger partial charge in [-0.2, -0.15) is 5.10 Å². The van der Waals surface area contributed by atoms with Gasteiger partial charge in [-0.1, -0.05) is 36.4 Å². The van der Waals surface area contributed by atoms with E-state index in [2.05, 4.69) is 10.1 Å². The summed E-state index contributed by atoms with van der Waals surface area (Å²) >= 11 is 0. The lowest BCUT2D eigenvalue weighted by Gasteiger charge is -2.08. The van der Waals surface area contributed by atoms with Gasteiger partial charge in [-0.3, -0.25) is 10.1 Å². The first-order valence-electron chi connectivity index (χ1n) is 8.94. The van der Waals surface area contributed by atoms with Gasteiger partial charge in [-0.15, -0.1) is 0 Å². The van der Waals surface area contributed by atoms with E-state index >= 15 is 0 Å². The van der Waals surface area contributed by atoms with E-state index in [1.54, 1.807) is 13.0 Å². The molecule has 0 radical (unpaired) electrons.